The lowest BCUT2D eigenvalue weighted by atomic mass is 10.2. The average molecular weight is 194 g/mol. The summed E-state index contributed by atoms with van der Waals surface area (Å²) in [4.78, 5) is 13.0. The van der Waals surface area contributed by atoms with E-state index in [0.717, 1.165) is 0 Å². The highest BCUT2D eigenvalue weighted by atomic mass is 35.5. The quantitative estimate of drug-likeness (QED) is 0.729. The van der Waals surface area contributed by atoms with Gasteiger partial charge in [0.05, 0.1) is 10.6 Å². The maximum Gasteiger partial charge on any atom is 0.269 e. The molecule has 1 aromatic rings. The maximum atomic E-state index is 12.2. The summed E-state index contributed by atoms with van der Waals surface area (Å²) >= 11 is 5.53. The Balaban J connectivity index is 3.43. The number of H-pyrrole nitrogens is 1. The fraction of sp³-hybridized carbons (Fsp3) is 0.286. The summed E-state index contributed by atoms with van der Waals surface area (Å²) in [5.41, 5.74) is -1.20. The molecule has 0 fully saturated rings. The number of aromatic nitrogens is 1. The lowest BCUT2D eigenvalue weighted by Crippen LogP contribution is -2.14. The molecule has 0 aliphatic heterocycles. The summed E-state index contributed by atoms with van der Waals surface area (Å²) in [5, 5.41) is 0.143. The van der Waals surface area contributed by atoms with Crippen molar-refractivity contribution in [1.29, 1.82) is 0 Å². The zero-order valence-electron chi connectivity index (χ0n) is 6.20. The van der Waals surface area contributed by atoms with Gasteiger partial charge in [-0.05, 0) is 12.5 Å². The molecule has 5 heteroatoms. The van der Waals surface area contributed by atoms with Crippen molar-refractivity contribution in [2.75, 3.05) is 0 Å². The molecule has 0 aromatic carbocycles. The van der Waals surface area contributed by atoms with Crippen LogP contribution in [0.4, 0.5) is 8.78 Å². The van der Waals surface area contributed by atoms with Gasteiger partial charge in [-0.25, -0.2) is 8.78 Å². The summed E-state index contributed by atoms with van der Waals surface area (Å²) in [6.07, 6.45) is -1.59. The van der Waals surface area contributed by atoms with E-state index in [9.17, 15) is 13.6 Å². The number of alkyl halides is 2. The van der Waals surface area contributed by atoms with Gasteiger partial charge in [0, 0.05) is 6.20 Å². The normalized spacial score (nSPS) is 10.8. The molecule has 1 rings (SSSR count). The van der Waals surface area contributed by atoms with E-state index in [1.54, 1.807) is 0 Å². The molecule has 12 heavy (non-hydrogen) atoms. The lowest BCUT2D eigenvalue weighted by molar-refractivity contribution is 0.149. The molecule has 0 saturated carbocycles. The summed E-state index contributed by atoms with van der Waals surface area (Å²) in [6, 6.07) is 0. The van der Waals surface area contributed by atoms with Crippen molar-refractivity contribution in [3.05, 3.63) is 32.7 Å². The Morgan fingerprint density at radius 2 is 2.17 bits per heavy atom. The summed E-state index contributed by atoms with van der Waals surface area (Å²) < 4.78 is 24.4. The van der Waals surface area contributed by atoms with Crippen molar-refractivity contribution in [2.45, 2.75) is 13.3 Å². The first-order valence-corrected chi connectivity index (χ1v) is 3.57. The molecule has 2 nitrogen and oxygen atoms in total. The van der Waals surface area contributed by atoms with Crippen LogP contribution in [0, 0.1) is 6.92 Å². The smallest absolute Gasteiger partial charge is 0.269 e. The first kappa shape index (κ1) is 9.19. The van der Waals surface area contributed by atoms with Gasteiger partial charge in [0.15, 0.2) is 0 Å². The van der Waals surface area contributed by atoms with E-state index in [4.69, 9.17) is 11.6 Å². The molecule has 0 atom stereocenters. The Morgan fingerprint density at radius 3 is 2.58 bits per heavy atom. The fourth-order valence-corrected chi connectivity index (χ4v) is 1.03. The van der Waals surface area contributed by atoms with Gasteiger partial charge in [-0.3, -0.25) is 4.79 Å². The predicted molar refractivity (Wildman–Crippen MR) is 41.8 cm³/mol. The van der Waals surface area contributed by atoms with Crippen LogP contribution < -0.4 is 5.56 Å². The Hall–Kier alpha value is -0.900. The number of nitrogens with one attached hydrogen (secondary N) is 1. The van der Waals surface area contributed by atoms with E-state index in [-0.39, 0.29) is 10.6 Å². The molecule has 0 unspecified atom stereocenters. The van der Waals surface area contributed by atoms with Crippen LogP contribution in [0.2, 0.25) is 5.02 Å². The van der Waals surface area contributed by atoms with E-state index in [2.05, 4.69) is 4.98 Å². The molecule has 0 bridgehead atoms. The number of halogens is 3. The maximum absolute atomic E-state index is 12.2. The van der Waals surface area contributed by atoms with Crippen LogP contribution in [0.15, 0.2) is 11.0 Å². The van der Waals surface area contributed by atoms with Crippen molar-refractivity contribution in [3.8, 4) is 0 Å². The Kier molecular flexibility index (Phi) is 2.47. The zero-order valence-corrected chi connectivity index (χ0v) is 6.95. The minimum Gasteiger partial charge on any atom is -0.327 e. The third-order valence-corrected chi connectivity index (χ3v) is 1.95. The number of hydrogen-bond donors (Lipinski definition) is 1. The molecular weight excluding hydrogens is 188 g/mol. The lowest BCUT2D eigenvalue weighted by Gasteiger charge is -2.03. The van der Waals surface area contributed by atoms with Crippen molar-refractivity contribution in [3.63, 3.8) is 0 Å². The largest absolute Gasteiger partial charge is 0.327 e. The second kappa shape index (κ2) is 3.23. The third-order valence-electron chi connectivity index (χ3n) is 1.56. The minimum absolute atomic E-state index is 0.135. The number of rotatable bonds is 1. The van der Waals surface area contributed by atoms with Gasteiger partial charge in [0.1, 0.15) is 0 Å². The molecular formula is C7H6ClF2NO. The monoisotopic (exact) mass is 193 g/mol. The summed E-state index contributed by atoms with van der Waals surface area (Å²) in [5.74, 6) is 0. The molecule has 0 spiro atoms. The van der Waals surface area contributed by atoms with Crippen LogP contribution in [0.5, 0.6) is 0 Å². The van der Waals surface area contributed by atoms with Gasteiger partial charge >= 0.3 is 0 Å². The number of pyridine rings is 1. The Morgan fingerprint density at radius 1 is 1.58 bits per heavy atom. The first-order chi connectivity index (χ1) is 5.54. The van der Waals surface area contributed by atoms with E-state index in [1.165, 1.54) is 13.1 Å². The summed E-state index contributed by atoms with van der Waals surface area (Å²) in [6.45, 7) is 1.39. The third kappa shape index (κ3) is 1.48. The van der Waals surface area contributed by atoms with Crippen LogP contribution in [0.1, 0.15) is 17.6 Å². The van der Waals surface area contributed by atoms with E-state index in [0.29, 0.717) is 0 Å². The van der Waals surface area contributed by atoms with Crippen LogP contribution in [-0.2, 0) is 0 Å². The highest BCUT2D eigenvalue weighted by Gasteiger charge is 2.16. The molecule has 0 aliphatic carbocycles. The van der Waals surface area contributed by atoms with Gasteiger partial charge in [-0.2, -0.15) is 0 Å². The van der Waals surface area contributed by atoms with Gasteiger partial charge in [-0.15, -0.1) is 0 Å². The zero-order chi connectivity index (χ0) is 9.30. The molecule has 0 saturated heterocycles. The van der Waals surface area contributed by atoms with Gasteiger partial charge in [-0.1, -0.05) is 11.6 Å². The van der Waals surface area contributed by atoms with Gasteiger partial charge in [0.25, 0.3) is 12.0 Å². The first-order valence-electron chi connectivity index (χ1n) is 3.20. The highest BCUT2D eigenvalue weighted by Crippen LogP contribution is 2.22. The van der Waals surface area contributed by atoms with Crippen molar-refractivity contribution in [2.24, 2.45) is 0 Å². The molecule has 0 radical (unpaired) electrons. The van der Waals surface area contributed by atoms with Crippen molar-refractivity contribution >= 4 is 11.6 Å². The average Bonchev–Trinajstić information content (AvgIpc) is 1.97. The van der Waals surface area contributed by atoms with Gasteiger partial charge < -0.3 is 4.98 Å². The fourth-order valence-electron chi connectivity index (χ4n) is 0.877. The molecule has 1 N–H and O–H groups in total. The minimum atomic E-state index is -2.78. The standard InChI is InChI=1S/C7H6ClF2NO/c1-3-4(8)2-11-7(12)5(3)6(9)10/h2,6H,1H3,(H,11,12). The molecule has 0 amide bonds. The van der Waals surface area contributed by atoms with Gasteiger partial charge in [0.2, 0.25) is 0 Å². The second-order valence-electron chi connectivity index (χ2n) is 2.31. The van der Waals surface area contributed by atoms with Crippen LogP contribution in [0.25, 0.3) is 0 Å². The predicted octanol–water partition coefficient (Wildman–Crippen LogP) is 2.27. The topological polar surface area (TPSA) is 32.9 Å². The Labute approximate surface area is 72.2 Å². The van der Waals surface area contributed by atoms with Crippen LogP contribution >= 0.6 is 11.6 Å². The molecule has 66 valence electrons. The van der Waals surface area contributed by atoms with Crippen LogP contribution in [0.3, 0.4) is 0 Å². The SMILES string of the molecule is Cc1c(Cl)c[nH]c(=O)c1C(F)F. The second-order valence-corrected chi connectivity index (χ2v) is 2.71. The highest BCUT2D eigenvalue weighted by molar-refractivity contribution is 6.31. The summed E-state index contributed by atoms with van der Waals surface area (Å²) in [7, 11) is 0. The van der Waals surface area contributed by atoms with E-state index < -0.39 is 17.5 Å². The molecule has 1 aromatic heterocycles. The Bertz CT molecular complexity index is 348. The van der Waals surface area contributed by atoms with Crippen molar-refractivity contribution in [1.82, 2.24) is 4.98 Å². The molecule has 0 aliphatic rings. The van der Waals surface area contributed by atoms with Crippen molar-refractivity contribution < 1.29 is 8.78 Å². The van der Waals surface area contributed by atoms with E-state index in [1.807, 2.05) is 0 Å². The molecule has 1 heterocycles. The number of hydrogen-bond acceptors (Lipinski definition) is 1. The van der Waals surface area contributed by atoms with E-state index >= 15 is 0 Å². The van der Waals surface area contributed by atoms with Crippen LogP contribution in [-0.4, -0.2) is 4.98 Å². The number of aromatic amines is 1.